The highest BCUT2D eigenvalue weighted by molar-refractivity contribution is 5.85. The number of carboxylic acid groups (broad SMARTS) is 2. The van der Waals surface area contributed by atoms with Gasteiger partial charge in [0.15, 0.2) is 0 Å². The van der Waals surface area contributed by atoms with Crippen LogP contribution in [0.2, 0.25) is 0 Å². The molecule has 0 saturated carbocycles. The Morgan fingerprint density at radius 2 is 0.960 bits per heavy atom. The van der Waals surface area contributed by atoms with Crippen LogP contribution in [-0.4, -0.2) is 22.2 Å². The van der Waals surface area contributed by atoms with E-state index in [4.69, 9.17) is 10.2 Å². The maximum absolute atomic E-state index is 10.7. The van der Waals surface area contributed by atoms with Gasteiger partial charge in [-0.2, -0.15) is 0 Å². The average Bonchev–Trinajstić information content (AvgIpc) is 2.50. The molecule has 2 N–H and O–H groups in total. The van der Waals surface area contributed by atoms with Crippen molar-refractivity contribution >= 4 is 36.8 Å². The third-order valence-corrected chi connectivity index (χ3v) is 4.45. The zero-order valence-corrected chi connectivity index (χ0v) is 17.3. The molecule has 1 unspecified atom stereocenters. The van der Waals surface area contributed by atoms with E-state index in [0.717, 1.165) is 32.1 Å². The van der Waals surface area contributed by atoms with Crippen LogP contribution in [0.4, 0.5) is 0 Å². The molecule has 4 nitrogen and oxygen atoms in total. The lowest BCUT2D eigenvalue weighted by Crippen LogP contribution is -2.08. The van der Waals surface area contributed by atoms with Crippen LogP contribution in [-0.2, 0) is 9.59 Å². The quantitative estimate of drug-likeness (QED) is 0.273. The van der Waals surface area contributed by atoms with Gasteiger partial charge in [-0.25, -0.2) is 0 Å². The van der Waals surface area contributed by atoms with Gasteiger partial charge in [-0.3, -0.25) is 9.59 Å². The van der Waals surface area contributed by atoms with E-state index >= 15 is 0 Å². The summed E-state index contributed by atoms with van der Waals surface area (Å²) in [5.41, 5.74) is 0. The minimum Gasteiger partial charge on any atom is -0.481 e. The molecule has 152 valence electrons. The third-order valence-electron chi connectivity index (χ3n) is 4.45. The van der Waals surface area contributed by atoms with Gasteiger partial charge in [0.05, 0.1) is 5.92 Å². The molecule has 1 atom stereocenters. The fraction of sp³-hybridized carbons (Fsp3) is 0.895. The minimum absolute atomic E-state index is 0. The van der Waals surface area contributed by atoms with Gasteiger partial charge in [-0.1, -0.05) is 84.0 Å². The van der Waals surface area contributed by atoms with Crippen molar-refractivity contribution in [3.63, 3.8) is 0 Å². The Bertz CT molecular complexity index is 312. The molecule has 0 rings (SSSR count). The lowest BCUT2D eigenvalue weighted by atomic mass is 10.0. The lowest BCUT2D eigenvalue weighted by Gasteiger charge is -2.05. The SMILES string of the molecule is CC(CCCCCCCCCCCCCCCC(=O)O)C(=O)O.Cl.Cl. The van der Waals surface area contributed by atoms with E-state index in [2.05, 4.69) is 0 Å². The highest BCUT2D eigenvalue weighted by Gasteiger charge is 2.09. The van der Waals surface area contributed by atoms with Gasteiger partial charge >= 0.3 is 11.9 Å². The number of aliphatic carboxylic acids is 2. The van der Waals surface area contributed by atoms with Gasteiger partial charge < -0.3 is 10.2 Å². The van der Waals surface area contributed by atoms with Crippen molar-refractivity contribution in [1.29, 1.82) is 0 Å². The minimum atomic E-state index is -0.679. The second-order valence-corrected chi connectivity index (χ2v) is 6.77. The molecule has 0 aliphatic heterocycles. The molecule has 0 aromatic rings. The van der Waals surface area contributed by atoms with Crippen LogP contribution in [0.1, 0.15) is 103 Å². The van der Waals surface area contributed by atoms with Crippen molar-refractivity contribution in [2.24, 2.45) is 5.92 Å². The first kappa shape index (κ1) is 29.3. The number of carboxylic acids is 2. The van der Waals surface area contributed by atoms with Crippen molar-refractivity contribution in [2.45, 2.75) is 103 Å². The second-order valence-electron chi connectivity index (χ2n) is 6.77. The highest BCUT2D eigenvalue weighted by Crippen LogP contribution is 2.14. The molecule has 0 bridgehead atoms. The Labute approximate surface area is 166 Å². The summed E-state index contributed by atoms with van der Waals surface area (Å²) in [6, 6.07) is 0. The van der Waals surface area contributed by atoms with Crippen LogP contribution in [0.3, 0.4) is 0 Å². The summed E-state index contributed by atoms with van der Waals surface area (Å²) in [7, 11) is 0. The van der Waals surface area contributed by atoms with E-state index in [1.807, 2.05) is 0 Å². The van der Waals surface area contributed by atoms with E-state index in [1.54, 1.807) is 6.92 Å². The Kier molecular flexibility index (Phi) is 25.3. The van der Waals surface area contributed by atoms with Crippen LogP contribution in [0, 0.1) is 5.92 Å². The number of hydrogen-bond donors (Lipinski definition) is 2. The van der Waals surface area contributed by atoms with Crippen LogP contribution >= 0.6 is 24.8 Å². The van der Waals surface area contributed by atoms with E-state index in [0.29, 0.717) is 6.42 Å². The van der Waals surface area contributed by atoms with Gasteiger partial charge in [0, 0.05) is 6.42 Å². The van der Waals surface area contributed by atoms with Crippen molar-refractivity contribution in [3.05, 3.63) is 0 Å². The van der Waals surface area contributed by atoms with E-state index < -0.39 is 11.9 Å². The second kappa shape index (κ2) is 21.6. The number of rotatable bonds is 17. The largest absolute Gasteiger partial charge is 0.481 e. The summed E-state index contributed by atoms with van der Waals surface area (Å²) in [5.74, 6) is -1.55. The maximum atomic E-state index is 10.7. The topological polar surface area (TPSA) is 74.6 Å². The number of hydrogen-bond acceptors (Lipinski definition) is 2. The maximum Gasteiger partial charge on any atom is 0.306 e. The number of carbonyl (C=O) groups is 2. The number of halogens is 2. The molecule has 0 heterocycles. The molecule has 0 aliphatic carbocycles. The molecule has 0 aromatic heterocycles. The first-order valence-corrected chi connectivity index (χ1v) is 9.48. The summed E-state index contributed by atoms with van der Waals surface area (Å²) >= 11 is 0. The molecule has 25 heavy (non-hydrogen) atoms. The first-order valence-electron chi connectivity index (χ1n) is 9.48. The molecule has 0 aliphatic rings. The van der Waals surface area contributed by atoms with Crippen molar-refractivity contribution in [1.82, 2.24) is 0 Å². The predicted molar refractivity (Wildman–Crippen MR) is 108 cm³/mol. The Balaban J connectivity index is -0.00000242. The van der Waals surface area contributed by atoms with E-state index in [9.17, 15) is 9.59 Å². The Morgan fingerprint density at radius 3 is 1.28 bits per heavy atom. The molecule has 0 fully saturated rings. The van der Waals surface area contributed by atoms with Gasteiger partial charge in [0.1, 0.15) is 0 Å². The highest BCUT2D eigenvalue weighted by atomic mass is 35.5. The van der Waals surface area contributed by atoms with Crippen molar-refractivity contribution in [3.8, 4) is 0 Å². The monoisotopic (exact) mass is 400 g/mol. The molecule has 0 aromatic carbocycles. The Morgan fingerprint density at radius 1 is 0.640 bits per heavy atom. The zero-order valence-electron chi connectivity index (χ0n) is 15.7. The zero-order chi connectivity index (χ0) is 17.3. The fourth-order valence-corrected chi connectivity index (χ4v) is 2.79. The predicted octanol–water partition coefficient (Wildman–Crippen LogP) is 6.49. The Hall–Kier alpha value is -0.480. The smallest absolute Gasteiger partial charge is 0.306 e. The van der Waals surface area contributed by atoms with Crippen LogP contribution < -0.4 is 0 Å². The molecule has 6 heteroatoms. The van der Waals surface area contributed by atoms with E-state index in [1.165, 1.54) is 57.8 Å². The molecule has 0 radical (unpaired) electrons. The number of unbranched alkanes of at least 4 members (excludes halogenated alkanes) is 12. The molecule has 0 amide bonds. The van der Waals surface area contributed by atoms with Crippen molar-refractivity contribution in [2.75, 3.05) is 0 Å². The molecule has 0 spiro atoms. The summed E-state index contributed by atoms with van der Waals surface area (Å²) in [6.45, 7) is 1.79. The van der Waals surface area contributed by atoms with Gasteiger partial charge in [-0.05, 0) is 12.8 Å². The van der Waals surface area contributed by atoms with Gasteiger partial charge in [-0.15, -0.1) is 24.8 Å². The van der Waals surface area contributed by atoms with Crippen LogP contribution in [0.5, 0.6) is 0 Å². The van der Waals surface area contributed by atoms with Gasteiger partial charge in [0.25, 0.3) is 0 Å². The standard InChI is InChI=1S/C19H36O4.2ClH/c1-17(19(22)23)15-13-11-9-7-5-3-2-4-6-8-10-12-14-16-18(20)21;;/h17H,2-16H2,1H3,(H,20,21)(H,22,23);2*1H. The van der Waals surface area contributed by atoms with Crippen LogP contribution in [0.25, 0.3) is 0 Å². The summed E-state index contributed by atoms with van der Waals surface area (Å²) in [4.78, 5) is 21.0. The summed E-state index contributed by atoms with van der Waals surface area (Å²) in [6.07, 6.45) is 16.6. The molecule has 0 saturated heterocycles. The van der Waals surface area contributed by atoms with E-state index in [-0.39, 0.29) is 30.7 Å². The normalized spacial score (nSPS) is 11.2. The van der Waals surface area contributed by atoms with Gasteiger partial charge in [0.2, 0.25) is 0 Å². The molecular formula is C19H38Cl2O4. The van der Waals surface area contributed by atoms with Crippen LogP contribution in [0.15, 0.2) is 0 Å². The van der Waals surface area contributed by atoms with Crippen molar-refractivity contribution < 1.29 is 19.8 Å². The first-order chi connectivity index (χ1) is 11.0. The summed E-state index contributed by atoms with van der Waals surface area (Å²) < 4.78 is 0. The fourth-order valence-electron chi connectivity index (χ4n) is 2.79. The third kappa shape index (κ3) is 23.5. The lowest BCUT2D eigenvalue weighted by molar-refractivity contribution is -0.141. The molecular weight excluding hydrogens is 363 g/mol. The summed E-state index contributed by atoms with van der Waals surface area (Å²) in [5, 5.41) is 17.3. The average molecular weight is 401 g/mol.